The van der Waals surface area contributed by atoms with Gasteiger partial charge in [-0.15, -0.1) is 11.8 Å². The molecule has 0 bridgehead atoms. The van der Waals surface area contributed by atoms with E-state index in [4.69, 9.17) is 0 Å². The molecule has 1 atom stereocenters. The number of nitrogens with one attached hydrogen (secondary N) is 2. The molecular formula is C23H29N3O2S. The van der Waals surface area contributed by atoms with Crippen molar-refractivity contribution in [3.63, 3.8) is 0 Å². The number of carbonyl (C=O) groups excluding carboxylic acids is 2. The van der Waals surface area contributed by atoms with Gasteiger partial charge in [0, 0.05) is 17.4 Å². The molecule has 0 unspecified atom stereocenters. The summed E-state index contributed by atoms with van der Waals surface area (Å²) in [6.07, 6.45) is 3.56. The van der Waals surface area contributed by atoms with Gasteiger partial charge >= 0.3 is 0 Å². The molecule has 2 amide bonds. The lowest BCUT2D eigenvalue weighted by molar-refractivity contribution is -0.127. The molecule has 6 heteroatoms. The first-order valence-corrected chi connectivity index (χ1v) is 11.3. The van der Waals surface area contributed by atoms with Crippen molar-refractivity contribution in [2.45, 2.75) is 37.2 Å². The largest absolute Gasteiger partial charge is 0.352 e. The standard InChI is InChI=1S/C23H29N3O2S/c1-17(22(27)25-20-10-6-7-11-21(20)29-2)26-14-12-19(13-15-26)23(28)24-16-18-8-4-3-5-9-18/h3-11,17,19H,12-16H2,1-2H3,(H,24,28)(H,25,27)/t17-/m0/s1. The van der Waals surface area contributed by atoms with E-state index in [1.807, 2.05) is 67.8 Å². The van der Waals surface area contributed by atoms with Gasteiger partial charge in [-0.25, -0.2) is 0 Å². The van der Waals surface area contributed by atoms with Crippen LogP contribution in [0.15, 0.2) is 59.5 Å². The van der Waals surface area contributed by atoms with Gasteiger partial charge in [-0.2, -0.15) is 0 Å². The van der Waals surface area contributed by atoms with Crippen LogP contribution in [-0.2, 0) is 16.1 Å². The topological polar surface area (TPSA) is 61.4 Å². The summed E-state index contributed by atoms with van der Waals surface area (Å²) in [5.74, 6) is 0.125. The zero-order valence-electron chi connectivity index (χ0n) is 17.1. The van der Waals surface area contributed by atoms with Crippen molar-refractivity contribution in [2.75, 3.05) is 24.7 Å². The summed E-state index contributed by atoms with van der Waals surface area (Å²) in [4.78, 5) is 28.4. The van der Waals surface area contributed by atoms with Crippen LogP contribution in [0, 0.1) is 5.92 Å². The number of likely N-dealkylation sites (tertiary alicyclic amines) is 1. The summed E-state index contributed by atoms with van der Waals surface area (Å²) < 4.78 is 0. The molecule has 5 nitrogen and oxygen atoms in total. The molecule has 1 heterocycles. The van der Waals surface area contributed by atoms with E-state index in [2.05, 4.69) is 15.5 Å². The van der Waals surface area contributed by atoms with Crippen LogP contribution in [0.5, 0.6) is 0 Å². The average Bonchev–Trinajstić information content (AvgIpc) is 2.78. The molecule has 29 heavy (non-hydrogen) atoms. The third-order valence-corrected chi connectivity index (χ3v) is 6.30. The Balaban J connectivity index is 1.46. The number of piperidine rings is 1. The maximum Gasteiger partial charge on any atom is 0.241 e. The molecule has 1 saturated heterocycles. The lowest BCUT2D eigenvalue weighted by atomic mass is 9.94. The van der Waals surface area contributed by atoms with Crippen LogP contribution in [0.2, 0.25) is 0 Å². The van der Waals surface area contributed by atoms with Gasteiger partial charge in [-0.3, -0.25) is 14.5 Å². The van der Waals surface area contributed by atoms with Crippen LogP contribution in [0.1, 0.15) is 25.3 Å². The maximum atomic E-state index is 12.7. The monoisotopic (exact) mass is 411 g/mol. The lowest BCUT2D eigenvalue weighted by Gasteiger charge is -2.34. The quantitative estimate of drug-likeness (QED) is 0.681. The first-order chi connectivity index (χ1) is 14.1. The van der Waals surface area contributed by atoms with Crippen molar-refractivity contribution in [1.82, 2.24) is 10.2 Å². The predicted octanol–water partition coefficient (Wildman–Crippen LogP) is 3.76. The fourth-order valence-corrected chi connectivity index (χ4v) is 4.18. The Kier molecular flexibility index (Phi) is 7.72. The highest BCUT2D eigenvalue weighted by atomic mass is 32.2. The smallest absolute Gasteiger partial charge is 0.241 e. The number of para-hydroxylation sites is 1. The summed E-state index contributed by atoms with van der Waals surface area (Å²) in [6, 6.07) is 17.6. The van der Waals surface area contributed by atoms with E-state index in [9.17, 15) is 9.59 Å². The molecule has 0 radical (unpaired) electrons. The van der Waals surface area contributed by atoms with E-state index in [1.165, 1.54) is 0 Å². The molecule has 2 aromatic rings. The highest BCUT2D eigenvalue weighted by molar-refractivity contribution is 7.98. The number of hydrogen-bond acceptors (Lipinski definition) is 4. The second kappa shape index (κ2) is 10.5. The zero-order valence-corrected chi connectivity index (χ0v) is 17.9. The number of nitrogens with zero attached hydrogens (tertiary/aromatic N) is 1. The SMILES string of the molecule is CSc1ccccc1NC(=O)[C@H](C)N1CCC(C(=O)NCc2ccccc2)CC1. The Hall–Kier alpha value is -2.31. The fraction of sp³-hybridized carbons (Fsp3) is 0.391. The van der Waals surface area contributed by atoms with E-state index in [-0.39, 0.29) is 23.8 Å². The van der Waals surface area contributed by atoms with Gasteiger partial charge in [0.1, 0.15) is 0 Å². The molecule has 0 spiro atoms. The number of carbonyl (C=O) groups is 2. The first kappa shape index (κ1) is 21.4. The molecule has 1 aliphatic heterocycles. The van der Waals surface area contributed by atoms with Crippen LogP contribution >= 0.6 is 11.8 Å². The van der Waals surface area contributed by atoms with E-state index in [0.29, 0.717) is 6.54 Å². The van der Waals surface area contributed by atoms with Gasteiger partial charge in [-0.05, 0) is 56.8 Å². The molecule has 1 fully saturated rings. The summed E-state index contributed by atoms with van der Waals surface area (Å²) in [7, 11) is 0. The van der Waals surface area contributed by atoms with Crippen molar-refractivity contribution in [2.24, 2.45) is 5.92 Å². The van der Waals surface area contributed by atoms with Crippen molar-refractivity contribution in [1.29, 1.82) is 0 Å². The van der Waals surface area contributed by atoms with E-state index >= 15 is 0 Å². The van der Waals surface area contributed by atoms with E-state index in [0.717, 1.165) is 42.1 Å². The van der Waals surface area contributed by atoms with Gasteiger partial charge in [-0.1, -0.05) is 42.5 Å². The Bertz CT molecular complexity index is 820. The highest BCUT2D eigenvalue weighted by Crippen LogP contribution is 2.25. The van der Waals surface area contributed by atoms with E-state index < -0.39 is 0 Å². The van der Waals surface area contributed by atoms with Crippen molar-refractivity contribution < 1.29 is 9.59 Å². The number of rotatable bonds is 7. The molecular weight excluding hydrogens is 382 g/mol. The second-order valence-corrected chi connectivity index (χ2v) is 8.23. The molecule has 3 rings (SSSR count). The van der Waals surface area contributed by atoms with Crippen LogP contribution < -0.4 is 10.6 Å². The fourth-order valence-electron chi connectivity index (χ4n) is 3.63. The molecule has 0 aromatic heterocycles. The first-order valence-electron chi connectivity index (χ1n) is 10.1. The molecule has 1 aliphatic rings. The third-order valence-electron chi connectivity index (χ3n) is 5.50. The van der Waals surface area contributed by atoms with Gasteiger partial charge < -0.3 is 10.6 Å². The number of amides is 2. The minimum Gasteiger partial charge on any atom is -0.352 e. The minimum atomic E-state index is -0.224. The maximum absolute atomic E-state index is 12.7. The van der Waals surface area contributed by atoms with Gasteiger partial charge in [0.2, 0.25) is 11.8 Å². The summed E-state index contributed by atoms with van der Waals surface area (Å²) in [6.45, 7) is 4.00. The number of anilines is 1. The Morgan fingerprint density at radius 1 is 1.07 bits per heavy atom. The number of benzene rings is 2. The molecule has 2 aromatic carbocycles. The Morgan fingerprint density at radius 3 is 2.41 bits per heavy atom. The van der Waals surface area contributed by atoms with Crippen molar-refractivity contribution in [3.8, 4) is 0 Å². The molecule has 0 aliphatic carbocycles. The Labute approximate surface area is 177 Å². The van der Waals surface area contributed by atoms with Crippen molar-refractivity contribution in [3.05, 3.63) is 60.2 Å². The highest BCUT2D eigenvalue weighted by Gasteiger charge is 2.29. The summed E-state index contributed by atoms with van der Waals surface area (Å²) >= 11 is 1.62. The lowest BCUT2D eigenvalue weighted by Crippen LogP contribution is -2.48. The van der Waals surface area contributed by atoms with Gasteiger partial charge in [0.05, 0.1) is 11.7 Å². The van der Waals surface area contributed by atoms with Gasteiger partial charge in [0.15, 0.2) is 0 Å². The molecule has 2 N–H and O–H groups in total. The van der Waals surface area contributed by atoms with Crippen LogP contribution in [0.3, 0.4) is 0 Å². The minimum absolute atomic E-state index is 0.00141. The number of hydrogen-bond donors (Lipinski definition) is 2. The van der Waals surface area contributed by atoms with Crippen LogP contribution in [-0.4, -0.2) is 42.1 Å². The summed E-state index contributed by atoms with van der Waals surface area (Å²) in [5.41, 5.74) is 1.96. The van der Waals surface area contributed by atoms with Gasteiger partial charge in [0.25, 0.3) is 0 Å². The molecule has 154 valence electrons. The molecule has 0 saturated carbocycles. The van der Waals surface area contributed by atoms with Crippen LogP contribution in [0.25, 0.3) is 0 Å². The average molecular weight is 412 g/mol. The van der Waals surface area contributed by atoms with E-state index in [1.54, 1.807) is 11.8 Å². The normalized spacial score (nSPS) is 16.2. The third kappa shape index (κ3) is 5.84. The second-order valence-electron chi connectivity index (χ2n) is 7.38. The number of thioether (sulfide) groups is 1. The zero-order chi connectivity index (χ0) is 20.6. The predicted molar refractivity (Wildman–Crippen MR) is 119 cm³/mol. The van der Waals surface area contributed by atoms with Crippen LogP contribution in [0.4, 0.5) is 5.69 Å². The van der Waals surface area contributed by atoms with Crippen molar-refractivity contribution >= 4 is 29.3 Å². The summed E-state index contributed by atoms with van der Waals surface area (Å²) in [5, 5.41) is 6.09. The Morgan fingerprint density at radius 2 is 1.72 bits per heavy atom.